The number of hydrogen-bond donors (Lipinski definition) is 1. The molecule has 30 heavy (non-hydrogen) atoms. The van der Waals surface area contributed by atoms with E-state index in [4.69, 9.17) is 11.6 Å². The van der Waals surface area contributed by atoms with E-state index in [1.165, 1.54) is 25.0 Å². The van der Waals surface area contributed by atoms with Crippen LogP contribution in [0.15, 0.2) is 35.0 Å². The van der Waals surface area contributed by atoms with Crippen molar-refractivity contribution in [3.05, 3.63) is 56.7 Å². The molecule has 4 rings (SSSR count). The highest BCUT2D eigenvalue weighted by Crippen LogP contribution is 2.39. The summed E-state index contributed by atoms with van der Waals surface area (Å²) in [7, 11) is 0. The fraction of sp³-hybridized carbons (Fsp3) is 0.476. The molecule has 2 fully saturated rings. The summed E-state index contributed by atoms with van der Waals surface area (Å²) in [6.07, 6.45) is 0.972. The van der Waals surface area contributed by atoms with E-state index in [0.717, 1.165) is 37.4 Å². The summed E-state index contributed by atoms with van der Waals surface area (Å²) in [6, 6.07) is 5.83. The van der Waals surface area contributed by atoms with Crippen LogP contribution in [0.2, 0.25) is 5.02 Å². The molecule has 1 amide bonds. The second kappa shape index (κ2) is 9.47. The van der Waals surface area contributed by atoms with Crippen molar-refractivity contribution in [1.82, 2.24) is 10.2 Å². The molecule has 1 aromatic carbocycles. The zero-order valence-electron chi connectivity index (χ0n) is 16.1. The molecule has 0 unspecified atom stereocenters. The van der Waals surface area contributed by atoms with E-state index in [9.17, 15) is 18.0 Å². The molecule has 9 heteroatoms. The minimum atomic E-state index is -4.60. The van der Waals surface area contributed by atoms with E-state index >= 15 is 0 Å². The quantitative estimate of drug-likeness (QED) is 0.556. The van der Waals surface area contributed by atoms with Gasteiger partial charge in [-0.05, 0) is 66.8 Å². The molecule has 2 saturated heterocycles. The van der Waals surface area contributed by atoms with Crippen LogP contribution >= 0.6 is 35.3 Å². The van der Waals surface area contributed by atoms with Gasteiger partial charge in [0, 0.05) is 12.1 Å². The van der Waals surface area contributed by atoms with Crippen LogP contribution in [0.25, 0.3) is 0 Å². The van der Waals surface area contributed by atoms with Gasteiger partial charge in [0.25, 0.3) is 5.91 Å². The molecule has 0 bridgehead atoms. The first-order valence-corrected chi connectivity index (χ1v) is 11.1. The number of halogens is 5. The smallest absolute Gasteiger partial charge is 0.344 e. The summed E-state index contributed by atoms with van der Waals surface area (Å²) in [5, 5.41) is 6.40. The number of nitrogens with one attached hydrogen (secondary N) is 1. The van der Waals surface area contributed by atoms with Crippen molar-refractivity contribution >= 4 is 41.3 Å². The molecule has 2 aliphatic heterocycles. The highest BCUT2D eigenvalue weighted by Gasteiger charge is 2.41. The van der Waals surface area contributed by atoms with Gasteiger partial charge >= 0.3 is 6.18 Å². The van der Waals surface area contributed by atoms with E-state index in [1.54, 1.807) is 11.3 Å². The number of carbonyl (C=O) groups is 1. The Balaban J connectivity index is 0.00000256. The number of rotatable bonds is 4. The van der Waals surface area contributed by atoms with Gasteiger partial charge in [0.15, 0.2) is 0 Å². The van der Waals surface area contributed by atoms with Gasteiger partial charge in [0.2, 0.25) is 0 Å². The topological polar surface area (TPSA) is 32.3 Å². The second-order valence-corrected chi connectivity index (χ2v) is 8.86. The van der Waals surface area contributed by atoms with Crippen molar-refractivity contribution in [2.24, 2.45) is 0 Å². The van der Waals surface area contributed by atoms with Gasteiger partial charge in [0.1, 0.15) is 0 Å². The maximum absolute atomic E-state index is 13.2. The molecule has 2 aromatic rings. The third-order valence-electron chi connectivity index (χ3n) is 6.02. The number of thiophene rings is 1. The Kier molecular flexibility index (Phi) is 7.38. The molecule has 0 saturated carbocycles. The molecule has 0 radical (unpaired) electrons. The summed E-state index contributed by atoms with van der Waals surface area (Å²) >= 11 is 7.52. The predicted molar refractivity (Wildman–Crippen MR) is 116 cm³/mol. The van der Waals surface area contributed by atoms with Gasteiger partial charge in [0.05, 0.1) is 22.2 Å². The molecule has 1 N–H and O–H groups in total. The van der Waals surface area contributed by atoms with Crippen LogP contribution in [0.4, 0.5) is 13.2 Å². The average molecular weight is 479 g/mol. The summed E-state index contributed by atoms with van der Waals surface area (Å²) in [5.41, 5.74) is -0.145. The van der Waals surface area contributed by atoms with E-state index in [-0.39, 0.29) is 30.1 Å². The van der Waals surface area contributed by atoms with Crippen molar-refractivity contribution < 1.29 is 18.0 Å². The van der Waals surface area contributed by atoms with Crippen LogP contribution in [-0.4, -0.2) is 29.4 Å². The molecule has 3 atom stereocenters. The Labute approximate surface area is 189 Å². The van der Waals surface area contributed by atoms with Crippen molar-refractivity contribution in [3.8, 4) is 0 Å². The van der Waals surface area contributed by atoms with E-state index in [0.29, 0.717) is 6.04 Å². The van der Waals surface area contributed by atoms with Crippen molar-refractivity contribution in [1.29, 1.82) is 0 Å². The van der Waals surface area contributed by atoms with Gasteiger partial charge in [-0.3, -0.25) is 9.69 Å². The van der Waals surface area contributed by atoms with Crippen LogP contribution in [0.5, 0.6) is 0 Å². The van der Waals surface area contributed by atoms with Gasteiger partial charge in [-0.25, -0.2) is 0 Å². The molecule has 3 nitrogen and oxygen atoms in total. The minimum absolute atomic E-state index is 0. The molecule has 0 aliphatic carbocycles. The van der Waals surface area contributed by atoms with Gasteiger partial charge in [-0.1, -0.05) is 24.1 Å². The molecular formula is C21H23Cl2F3N2OS. The predicted octanol–water partition coefficient (Wildman–Crippen LogP) is 6.33. The van der Waals surface area contributed by atoms with Crippen LogP contribution in [0.1, 0.15) is 59.6 Å². The number of fused-ring (bicyclic) bond motifs is 1. The van der Waals surface area contributed by atoms with Crippen molar-refractivity contribution in [2.45, 2.75) is 56.4 Å². The number of hydrogen-bond acceptors (Lipinski definition) is 3. The third-order valence-corrected chi connectivity index (χ3v) is 7.13. The van der Waals surface area contributed by atoms with Crippen LogP contribution in [-0.2, 0) is 6.18 Å². The van der Waals surface area contributed by atoms with E-state index in [2.05, 4.69) is 10.2 Å². The highest BCUT2D eigenvalue weighted by atomic mass is 35.5. The summed E-state index contributed by atoms with van der Waals surface area (Å²) in [4.78, 5) is 15.5. The largest absolute Gasteiger partial charge is 0.417 e. The second-order valence-electron chi connectivity index (χ2n) is 7.70. The molecule has 1 aromatic heterocycles. The fourth-order valence-corrected chi connectivity index (χ4v) is 5.67. The number of carbonyl (C=O) groups excluding carboxylic acids is 1. The van der Waals surface area contributed by atoms with E-state index in [1.807, 2.05) is 16.8 Å². The van der Waals surface area contributed by atoms with Crippen molar-refractivity contribution in [3.63, 3.8) is 0 Å². The third kappa shape index (κ3) is 4.64. The first-order valence-electron chi connectivity index (χ1n) is 9.80. The Morgan fingerprint density at radius 1 is 1.20 bits per heavy atom. The lowest BCUT2D eigenvalue weighted by Gasteiger charge is -2.38. The monoisotopic (exact) mass is 478 g/mol. The first-order chi connectivity index (χ1) is 13.9. The highest BCUT2D eigenvalue weighted by molar-refractivity contribution is 7.08. The Morgan fingerprint density at radius 2 is 2.00 bits per heavy atom. The van der Waals surface area contributed by atoms with E-state index < -0.39 is 22.7 Å². The lowest BCUT2D eigenvalue weighted by Crippen LogP contribution is -2.47. The lowest BCUT2D eigenvalue weighted by atomic mass is 9.98. The van der Waals surface area contributed by atoms with Gasteiger partial charge in [-0.15, -0.1) is 12.4 Å². The van der Waals surface area contributed by atoms with Gasteiger partial charge in [-0.2, -0.15) is 24.5 Å². The zero-order valence-corrected chi connectivity index (χ0v) is 18.5. The van der Waals surface area contributed by atoms with Crippen LogP contribution in [0.3, 0.4) is 0 Å². The Hall–Kier alpha value is -1.28. The van der Waals surface area contributed by atoms with Crippen molar-refractivity contribution in [2.75, 3.05) is 6.54 Å². The summed E-state index contributed by atoms with van der Waals surface area (Å²) in [5.74, 6) is -0.572. The van der Waals surface area contributed by atoms with Crippen LogP contribution < -0.4 is 5.32 Å². The Bertz CT molecular complexity index is 876. The first kappa shape index (κ1) is 23.4. The lowest BCUT2D eigenvalue weighted by molar-refractivity contribution is -0.137. The summed E-state index contributed by atoms with van der Waals surface area (Å²) in [6.45, 7) is 0.996. The number of piperidine rings is 1. The maximum Gasteiger partial charge on any atom is 0.417 e. The maximum atomic E-state index is 13.2. The Morgan fingerprint density at radius 3 is 2.70 bits per heavy atom. The normalized spacial score (nSPS) is 22.8. The molecule has 2 aliphatic rings. The molecule has 3 heterocycles. The van der Waals surface area contributed by atoms with Crippen LogP contribution in [0, 0.1) is 0 Å². The number of alkyl halides is 3. The number of amides is 1. The number of nitrogens with zero attached hydrogens (tertiary/aromatic N) is 1. The number of benzene rings is 1. The zero-order chi connectivity index (χ0) is 20.6. The minimum Gasteiger partial charge on any atom is -0.344 e. The molecule has 0 spiro atoms. The van der Waals surface area contributed by atoms with Gasteiger partial charge < -0.3 is 5.32 Å². The summed E-state index contributed by atoms with van der Waals surface area (Å²) < 4.78 is 39.6. The standard InChI is InChI=1S/C21H22ClF3N2OS.ClH/c22-18-15(5-3-6-16(18)21(23,24)25)20(28)26-19(13-9-11-29-12-13)17-8-7-14-4-1-2-10-27(14)17;/h3,5-6,9,11-12,14,17,19H,1-2,4,7-8,10H2,(H,26,28);1H/t14-,17-,19+;/m1./s1. The SMILES string of the molecule is Cl.O=C(N[C@@H](c1ccsc1)[C@H]1CC[C@H]2CCCCN21)c1cccc(C(F)(F)F)c1Cl. The average Bonchev–Trinajstić information content (AvgIpc) is 3.35. The fourth-order valence-electron chi connectivity index (χ4n) is 4.66. The molecule has 164 valence electrons. The molecular weight excluding hydrogens is 456 g/mol.